The summed E-state index contributed by atoms with van der Waals surface area (Å²) in [4.78, 5) is 14.9. The number of amides is 1. The van der Waals surface area contributed by atoms with Crippen molar-refractivity contribution in [2.24, 2.45) is 0 Å². The van der Waals surface area contributed by atoms with E-state index >= 15 is 0 Å². The molecule has 1 aliphatic rings. The van der Waals surface area contributed by atoms with Crippen LogP contribution in [0.15, 0.2) is 77.7 Å². The van der Waals surface area contributed by atoms with Crippen molar-refractivity contribution in [2.45, 2.75) is 6.61 Å². The summed E-state index contributed by atoms with van der Waals surface area (Å²) in [5.74, 6) is 0.867. The quantitative estimate of drug-likeness (QED) is 0.349. The average molecular weight is 452 g/mol. The largest absolute Gasteiger partial charge is 0.497 e. The highest BCUT2D eigenvalue weighted by atomic mass is 32.2. The van der Waals surface area contributed by atoms with Crippen LogP contribution in [0.1, 0.15) is 11.1 Å². The molecule has 0 N–H and O–H groups in total. The second kappa shape index (κ2) is 9.32. The van der Waals surface area contributed by atoms with E-state index in [9.17, 15) is 9.18 Å². The van der Waals surface area contributed by atoms with Crippen LogP contribution in [-0.4, -0.2) is 17.3 Å². The maximum absolute atomic E-state index is 13.7. The van der Waals surface area contributed by atoms with Gasteiger partial charge in [0.2, 0.25) is 0 Å². The molecule has 0 aliphatic carbocycles. The Morgan fingerprint density at radius 1 is 1.00 bits per heavy atom. The maximum Gasteiger partial charge on any atom is 0.270 e. The molecule has 1 amide bonds. The molecule has 0 spiro atoms. The number of rotatable bonds is 6. The Kier molecular flexibility index (Phi) is 6.34. The number of nitrogens with zero attached hydrogens (tertiary/aromatic N) is 1. The molecule has 0 aromatic heterocycles. The normalized spacial score (nSPS) is 14.9. The second-order valence-electron chi connectivity index (χ2n) is 6.66. The van der Waals surface area contributed by atoms with Gasteiger partial charge in [0.05, 0.1) is 17.7 Å². The number of hydrogen-bond donors (Lipinski definition) is 0. The van der Waals surface area contributed by atoms with Gasteiger partial charge in [0.25, 0.3) is 5.91 Å². The van der Waals surface area contributed by atoms with Crippen LogP contribution in [-0.2, 0) is 11.4 Å². The number of hydrogen-bond acceptors (Lipinski definition) is 5. The minimum absolute atomic E-state index is 0.145. The molecular formula is C24H18FNO3S2. The molecule has 1 heterocycles. The van der Waals surface area contributed by atoms with Crippen molar-refractivity contribution in [1.29, 1.82) is 0 Å². The summed E-state index contributed by atoms with van der Waals surface area (Å²) in [6.45, 7) is 0.145. The van der Waals surface area contributed by atoms with Gasteiger partial charge in [-0.15, -0.1) is 0 Å². The van der Waals surface area contributed by atoms with Crippen LogP contribution in [0, 0.1) is 5.82 Å². The van der Waals surface area contributed by atoms with E-state index in [-0.39, 0.29) is 18.3 Å². The van der Waals surface area contributed by atoms with Crippen molar-refractivity contribution in [2.75, 3.05) is 12.0 Å². The zero-order valence-electron chi connectivity index (χ0n) is 16.6. The molecule has 156 valence electrons. The highest BCUT2D eigenvalue weighted by Crippen LogP contribution is 2.36. The van der Waals surface area contributed by atoms with E-state index in [2.05, 4.69) is 0 Å². The van der Waals surface area contributed by atoms with Gasteiger partial charge < -0.3 is 9.47 Å². The minimum atomic E-state index is -0.294. The standard InChI is InChI=1S/C24H18FNO3S2/c1-28-19-12-8-18(9-13-19)26-23(27)22(31-24(26)30)14-16-6-10-20(11-7-16)29-15-17-4-2-3-5-21(17)25/h2-14H,15H2,1H3/b22-14-. The molecule has 1 fully saturated rings. The molecule has 3 aromatic rings. The fourth-order valence-corrected chi connectivity index (χ4v) is 4.31. The molecule has 7 heteroatoms. The summed E-state index contributed by atoms with van der Waals surface area (Å²) in [5.41, 5.74) is 2.03. The minimum Gasteiger partial charge on any atom is -0.497 e. The van der Waals surface area contributed by atoms with Gasteiger partial charge in [-0.1, -0.05) is 54.3 Å². The van der Waals surface area contributed by atoms with E-state index in [4.69, 9.17) is 21.7 Å². The summed E-state index contributed by atoms with van der Waals surface area (Å²) in [6, 6.07) is 21.0. The highest BCUT2D eigenvalue weighted by molar-refractivity contribution is 8.27. The summed E-state index contributed by atoms with van der Waals surface area (Å²) in [7, 11) is 1.59. The Morgan fingerprint density at radius 3 is 2.35 bits per heavy atom. The van der Waals surface area contributed by atoms with Gasteiger partial charge in [-0.3, -0.25) is 9.69 Å². The SMILES string of the molecule is COc1ccc(N2C(=O)/C(=C/c3ccc(OCc4ccccc4F)cc3)SC2=S)cc1. The third kappa shape index (κ3) is 4.78. The molecular weight excluding hydrogens is 433 g/mol. The second-order valence-corrected chi connectivity index (χ2v) is 8.34. The molecule has 31 heavy (non-hydrogen) atoms. The molecule has 0 bridgehead atoms. The summed E-state index contributed by atoms with van der Waals surface area (Å²) >= 11 is 6.67. The van der Waals surface area contributed by atoms with Gasteiger partial charge in [-0.2, -0.15) is 0 Å². The van der Waals surface area contributed by atoms with Gasteiger partial charge in [-0.05, 0) is 54.1 Å². The summed E-state index contributed by atoms with van der Waals surface area (Å²) in [5, 5.41) is 0. The Bertz CT molecular complexity index is 1140. The van der Waals surface area contributed by atoms with Gasteiger partial charge >= 0.3 is 0 Å². The van der Waals surface area contributed by atoms with Gasteiger partial charge in [0.15, 0.2) is 4.32 Å². The van der Waals surface area contributed by atoms with E-state index in [0.717, 1.165) is 5.56 Å². The van der Waals surface area contributed by atoms with Crippen molar-refractivity contribution in [3.63, 3.8) is 0 Å². The number of ether oxygens (including phenoxy) is 2. The Balaban J connectivity index is 1.45. The zero-order chi connectivity index (χ0) is 21.8. The highest BCUT2D eigenvalue weighted by Gasteiger charge is 2.33. The first-order valence-electron chi connectivity index (χ1n) is 9.43. The van der Waals surface area contributed by atoms with Crippen molar-refractivity contribution in [3.05, 3.63) is 94.6 Å². The van der Waals surface area contributed by atoms with E-state index < -0.39 is 0 Å². The summed E-state index contributed by atoms with van der Waals surface area (Å²) in [6.07, 6.45) is 1.80. The lowest BCUT2D eigenvalue weighted by atomic mass is 10.2. The van der Waals surface area contributed by atoms with Crippen LogP contribution in [0.2, 0.25) is 0 Å². The van der Waals surface area contributed by atoms with Crippen molar-refractivity contribution < 1.29 is 18.7 Å². The van der Waals surface area contributed by atoms with Gasteiger partial charge in [-0.25, -0.2) is 4.39 Å². The number of thiocarbonyl (C=S) groups is 1. The average Bonchev–Trinajstić information content (AvgIpc) is 3.07. The first kappa shape index (κ1) is 21.1. The molecule has 0 atom stereocenters. The van der Waals surface area contributed by atoms with Crippen LogP contribution in [0.5, 0.6) is 11.5 Å². The first-order chi connectivity index (χ1) is 15.0. The topological polar surface area (TPSA) is 38.8 Å². The lowest BCUT2D eigenvalue weighted by Crippen LogP contribution is -2.27. The fraction of sp³-hybridized carbons (Fsp3) is 0.0833. The van der Waals surface area contributed by atoms with Crippen LogP contribution in [0.25, 0.3) is 6.08 Å². The number of carbonyl (C=O) groups excluding carboxylic acids is 1. The van der Waals surface area contributed by atoms with E-state index in [1.165, 1.54) is 22.7 Å². The van der Waals surface area contributed by atoms with Crippen molar-refractivity contribution in [3.8, 4) is 11.5 Å². The predicted molar refractivity (Wildman–Crippen MR) is 126 cm³/mol. The van der Waals surface area contributed by atoms with Gasteiger partial charge in [0.1, 0.15) is 23.9 Å². The van der Waals surface area contributed by atoms with E-state index in [1.807, 2.05) is 12.1 Å². The third-order valence-electron chi connectivity index (χ3n) is 4.65. The van der Waals surface area contributed by atoms with Gasteiger partial charge in [0, 0.05) is 5.56 Å². The number of halogens is 1. The van der Waals surface area contributed by atoms with Crippen molar-refractivity contribution in [1.82, 2.24) is 0 Å². The van der Waals surface area contributed by atoms with E-state index in [1.54, 1.807) is 67.8 Å². The predicted octanol–water partition coefficient (Wildman–Crippen LogP) is 5.82. The molecule has 0 radical (unpaired) electrons. The van der Waals surface area contributed by atoms with Crippen molar-refractivity contribution >= 4 is 46.0 Å². The monoisotopic (exact) mass is 451 g/mol. The summed E-state index contributed by atoms with van der Waals surface area (Å²) < 4.78 is 25.0. The third-order valence-corrected chi connectivity index (χ3v) is 5.96. The Morgan fingerprint density at radius 2 is 1.68 bits per heavy atom. The molecule has 1 aliphatic heterocycles. The maximum atomic E-state index is 13.7. The van der Waals surface area contributed by atoms with Crippen LogP contribution >= 0.6 is 24.0 Å². The van der Waals surface area contributed by atoms with Crippen LogP contribution < -0.4 is 14.4 Å². The van der Waals surface area contributed by atoms with Crippen LogP contribution in [0.4, 0.5) is 10.1 Å². The molecule has 3 aromatic carbocycles. The molecule has 4 nitrogen and oxygen atoms in total. The lowest BCUT2D eigenvalue weighted by Gasteiger charge is -2.14. The molecule has 4 rings (SSSR count). The fourth-order valence-electron chi connectivity index (χ4n) is 3.01. The number of thioether (sulfide) groups is 1. The zero-order valence-corrected chi connectivity index (χ0v) is 18.2. The van der Waals surface area contributed by atoms with E-state index in [0.29, 0.717) is 32.0 Å². The Hall–Kier alpha value is -3.16. The lowest BCUT2D eigenvalue weighted by molar-refractivity contribution is -0.113. The molecule has 1 saturated heterocycles. The number of anilines is 1. The number of carbonyl (C=O) groups is 1. The number of methoxy groups -OCH3 is 1. The molecule has 0 saturated carbocycles. The number of benzene rings is 3. The molecule has 0 unspecified atom stereocenters. The Labute approximate surface area is 189 Å². The first-order valence-corrected chi connectivity index (χ1v) is 10.7. The smallest absolute Gasteiger partial charge is 0.270 e. The van der Waals surface area contributed by atoms with Crippen LogP contribution in [0.3, 0.4) is 0 Å².